The van der Waals surface area contributed by atoms with Crippen molar-refractivity contribution in [1.82, 2.24) is 4.90 Å². The lowest BCUT2D eigenvalue weighted by molar-refractivity contribution is -0.189. The lowest BCUT2D eigenvalue weighted by atomic mass is 10.1. The minimum atomic E-state index is -4.64. The summed E-state index contributed by atoms with van der Waals surface area (Å²) in [6.07, 6.45) is -5.84. The Hall–Kier alpha value is -2.95. The monoisotopic (exact) mass is 486 g/mol. The first-order chi connectivity index (χ1) is 15.4. The molecule has 180 valence electrons. The molecule has 1 amide bonds. The number of sulfone groups is 1. The number of methoxy groups -OCH3 is 1. The first-order valence-corrected chi connectivity index (χ1v) is 12.0. The third-order valence-electron chi connectivity index (χ3n) is 5.38. The Morgan fingerprint density at radius 2 is 1.64 bits per heavy atom. The summed E-state index contributed by atoms with van der Waals surface area (Å²) in [7, 11) is -2.11. The summed E-state index contributed by atoms with van der Waals surface area (Å²) in [5, 5.41) is 0. The minimum Gasteiger partial charge on any atom is -0.497 e. The van der Waals surface area contributed by atoms with Crippen LogP contribution in [0.3, 0.4) is 0 Å². The number of nitrogens with zero attached hydrogens (tertiary/aromatic N) is 2. The van der Waals surface area contributed by atoms with Crippen molar-refractivity contribution in [2.75, 3.05) is 44.4 Å². The molecule has 33 heavy (non-hydrogen) atoms. The average Bonchev–Trinajstić information content (AvgIpc) is 2.77. The number of hydrogen-bond acceptors (Lipinski definition) is 6. The molecule has 0 aliphatic carbocycles. The van der Waals surface area contributed by atoms with Crippen LogP contribution in [0.2, 0.25) is 0 Å². The van der Waals surface area contributed by atoms with Crippen LogP contribution in [-0.2, 0) is 9.84 Å². The summed E-state index contributed by atoms with van der Waals surface area (Å²) < 4.78 is 73.1. The highest BCUT2D eigenvalue weighted by molar-refractivity contribution is 7.90. The fourth-order valence-electron chi connectivity index (χ4n) is 3.40. The zero-order valence-electron chi connectivity index (χ0n) is 18.4. The van der Waals surface area contributed by atoms with E-state index < -0.39 is 28.0 Å². The first-order valence-electron chi connectivity index (χ1n) is 10.2. The standard InChI is InChI=1S/C22H25F3N2O5S/c1-15(22(23,24)25)32-20-9-8-18(33(3,29)30)14-19(20)21(28)27-12-10-26(11-13-27)16-4-6-17(31-2)7-5-16/h4-9,14-15H,10-13H2,1-3H3/t15-/m1/s1. The fourth-order valence-corrected chi connectivity index (χ4v) is 4.05. The highest BCUT2D eigenvalue weighted by Crippen LogP contribution is 2.30. The van der Waals surface area contributed by atoms with E-state index in [9.17, 15) is 26.4 Å². The second-order valence-electron chi connectivity index (χ2n) is 7.71. The molecule has 2 aromatic carbocycles. The van der Waals surface area contributed by atoms with E-state index in [2.05, 4.69) is 4.90 Å². The number of anilines is 1. The molecule has 1 aliphatic heterocycles. The zero-order valence-corrected chi connectivity index (χ0v) is 19.2. The van der Waals surface area contributed by atoms with Crippen molar-refractivity contribution in [2.24, 2.45) is 0 Å². The Morgan fingerprint density at radius 3 is 2.15 bits per heavy atom. The predicted octanol–water partition coefficient (Wildman–Crippen LogP) is 3.39. The molecule has 11 heteroatoms. The molecule has 1 atom stereocenters. The van der Waals surface area contributed by atoms with Crippen molar-refractivity contribution >= 4 is 21.4 Å². The number of rotatable bonds is 6. The molecule has 0 bridgehead atoms. The normalized spacial score (nSPS) is 15.8. The maximum atomic E-state index is 13.2. The Morgan fingerprint density at radius 1 is 1.03 bits per heavy atom. The van der Waals surface area contributed by atoms with Gasteiger partial charge in [-0.3, -0.25) is 4.79 Å². The molecule has 0 spiro atoms. The number of halogens is 3. The Kier molecular flexibility index (Phi) is 7.11. The van der Waals surface area contributed by atoms with E-state index in [1.54, 1.807) is 7.11 Å². The molecule has 0 radical (unpaired) electrons. The number of piperazine rings is 1. The van der Waals surface area contributed by atoms with Gasteiger partial charge in [0.2, 0.25) is 0 Å². The number of alkyl halides is 3. The lowest BCUT2D eigenvalue weighted by Gasteiger charge is -2.36. The Balaban J connectivity index is 1.81. The van der Waals surface area contributed by atoms with Gasteiger partial charge in [-0.05, 0) is 49.4 Å². The third-order valence-corrected chi connectivity index (χ3v) is 6.49. The maximum Gasteiger partial charge on any atom is 0.425 e. The van der Waals surface area contributed by atoms with Gasteiger partial charge in [-0.1, -0.05) is 0 Å². The minimum absolute atomic E-state index is 0.172. The molecule has 0 N–H and O–H groups in total. The summed E-state index contributed by atoms with van der Waals surface area (Å²) in [5.74, 6) is -0.173. The summed E-state index contributed by atoms with van der Waals surface area (Å²) in [4.78, 5) is 16.6. The molecule has 0 aromatic heterocycles. The van der Waals surface area contributed by atoms with Gasteiger partial charge in [0, 0.05) is 38.1 Å². The van der Waals surface area contributed by atoms with E-state index in [1.807, 2.05) is 24.3 Å². The van der Waals surface area contributed by atoms with Gasteiger partial charge in [-0.15, -0.1) is 0 Å². The van der Waals surface area contributed by atoms with Crippen LogP contribution in [-0.4, -0.2) is 71.0 Å². The number of carbonyl (C=O) groups is 1. The van der Waals surface area contributed by atoms with Crippen molar-refractivity contribution in [3.05, 3.63) is 48.0 Å². The van der Waals surface area contributed by atoms with Crippen molar-refractivity contribution in [3.63, 3.8) is 0 Å². The molecule has 1 saturated heterocycles. The second kappa shape index (κ2) is 9.50. The van der Waals surface area contributed by atoms with Crippen LogP contribution in [0.25, 0.3) is 0 Å². The Labute approximate surface area is 190 Å². The van der Waals surface area contributed by atoms with E-state index in [1.165, 1.54) is 4.90 Å². The molecule has 7 nitrogen and oxygen atoms in total. The largest absolute Gasteiger partial charge is 0.497 e. The van der Waals surface area contributed by atoms with Gasteiger partial charge >= 0.3 is 6.18 Å². The molecule has 1 aliphatic rings. The van der Waals surface area contributed by atoms with Gasteiger partial charge in [-0.25, -0.2) is 8.42 Å². The van der Waals surface area contributed by atoms with Crippen LogP contribution in [0.5, 0.6) is 11.5 Å². The van der Waals surface area contributed by atoms with Gasteiger partial charge in [-0.2, -0.15) is 13.2 Å². The van der Waals surface area contributed by atoms with E-state index in [0.29, 0.717) is 26.2 Å². The van der Waals surface area contributed by atoms with Gasteiger partial charge in [0.25, 0.3) is 5.91 Å². The zero-order chi connectivity index (χ0) is 24.4. The molecular formula is C22H25F3N2O5S. The molecule has 3 rings (SSSR count). The van der Waals surface area contributed by atoms with E-state index in [0.717, 1.165) is 42.8 Å². The van der Waals surface area contributed by atoms with Crippen LogP contribution >= 0.6 is 0 Å². The Bertz CT molecular complexity index is 1100. The number of hydrogen-bond donors (Lipinski definition) is 0. The molecule has 1 heterocycles. The molecule has 1 fully saturated rings. The van der Waals surface area contributed by atoms with Crippen molar-refractivity contribution in [2.45, 2.75) is 24.1 Å². The quantitative estimate of drug-likeness (QED) is 0.623. The topological polar surface area (TPSA) is 76.2 Å². The summed E-state index contributed by atoms with van der Waals surface area (Å²) in [6.45, 7) is 2.44. The molecule has 0 unspecified atom stereocenters. The number of carbonyl (C=O) groups excluding carboxylic acids is 1. The number of benzene rings is 2. The maximum absolute atomic E-state index is 13.2. The van der Waals surface area contributed by atoms with Crippen molar-refractivity contribution < 1.29 is 35.9 Å². The van der Waals surface area contributed by atoms with Crippen LogP contribution in [0.15, 0.2) is 47.4 Å². The third kappa shape index (κ3) is 5.89. The highest BCUT2D eigenvalue weighted by atomic mass is 32.2. The fraction of sp³-hybridized carbons (Fsp3) is 0.409. The summed E-state index contributed by atoms with van der Waals surface area (Å²) in [5.41, 5.74) is 0.733. The lowest BCUT2D eigenvalue weighted by Crippen LogP contribution is -2.49. The van der Waals surface area contributed by atoms with E-state index in [4.69, 9.17) is 9.47 Å². The molecule has 2 aromatic rings. The average molecular weight is 487 g/mol. The first kappa shape index (κ1) is 24.7. The van der Waals surface area contributed by atoms with E-state index >= 15 is 0 Å². The van der Waals surface area contributed by atoms with E-state index in [-0.39, 0.29) is 16.2 Å². The van der Waals surface area contributed by atoms with Crippen molar-refractivity contribution in [3.8, 4) is 11.5 Å². The van der Waals surface area contributed by atoms with Crippen LogP contribution < -0.4 is 14.4 Å². The SMILES string of the molecule is COc1ccc(N2CCN(C(=O)c3cc(S(C)(=O)=O)ccc3O[C@H](C)C(F)(F)F)CC2)cc1. The van der Waals surface area contributed by atoms with Crippen LogP contribution in [0, 0.1) is 0 Å². The highest BCUT2D eigenvalue weighted by Gasteiger charge is 2.39. The van der Waals surface area contributed by atoms with Gasteiger partial charge in [0.15, 0.2) is 15.9 Å². The molecule has 0 saturated carbocycles. The summed E-state index contributed by atoms with van der Waals surface area (Å²) >= 11 is 0. The number of ether oxygens (including phenoxy) is 2. The molecular weight excluding hydrogens is 461 g/mol. The van der Waals surface area contributed by atoms with Crippen molar-refractivity contribution in [1.29, 1.82) is 0 Å². The van der Waals surface area contributed by atoms with Crippen LogP contribution in [0.4, 0.5) is 18.9 Å². The number of amides is 1. The van der Waals surface area contributed by atoms with Gasteiger partial charge < -0.3 is 19.3 Å². The smallest absolute Gasteiger partial charge is 0.425 e. The summed E-state index contributed by atoms with van der Waals surface area (Å²) in [6, 6.07) is 10.8. The van der Waals surface area contributed by atoms with Gasteiger partial charge in [0.05, 0.1) is 17.6 Å². The predicted molar refractivity (Wildman–Crippen MR) is 117 cm³/mol. The van der Waals surface area contributed by atoms with Crippen LogP contribution in [0.1, 0.15) is 17.3 Å². The van der Waals surface area contributed by atoms with Gasteiger partial charge in [0.1, 0.15) is 11.5 Å². The second-order valence-corrected chi connectivity index (χ2v) is 9.72.